The molecule has 1 amide bonds. The number of nitrogens with one attached hydrogen (secondary N) is 2. The van der Waals surface area contributed by atoms with Gasteiger partial charge in [-0.2, -0.15) is 0 Å². The maximum Gasteiger partial charge on any atom is 0.261 e. The molecule has 0 bridgehead atoms. The predicted molar refractivity (Wildman–Crippen MR) is 85.9 cm³/mol. The second kappa shape index (κ2) is 5.04. The van der Waals surface area contributed by atoms with E-state index in [2.05, 4.69) is 34.6 Å². The van der Waals surface area contributed by atoms with Crippen LogP contribution in [-0.2, 0) is 12.8 Å². The van der Waals surface area contributed by atoms with E-state index in [1.807, 2.05) is 17.5 Å². The third kappa shape index (κ3) is 2.25. The van der Waals surface area contributed by atoms with Crippen molar-refractivity contribution in [1.29, 1.82) is 0 Å². The Labute approximate surface area is 127 Å². The molecule has 2 aromatic heterocycles. The lowest BCUT2D eigenvalue weighted by Gasteiger charge is -2.23. The number of fused-ring (bicyclic) bond motifs is 3. The molecule has 1 unspecified atom stereocenters. The fraction of sp³-hybridized carbons (Fsp3) is 0.235. The van der Waals surface area contributed by atoms with Crippen LogP contribution < -0.4 is 5.32 Å². The SMILES string of the molecule is O=C(NC1CCc2[nH]c3ccccc3c2C1)c1cccs1. The third-order valence-corrected chi connectivity index (χ3v) is 5.04. The van der Waals surface area contributed by atoms with Crippen LogP contribution in [0.1, 0.15) is 27.3 Å². The summed E-state index contributed by atoms with van der Waals surface area (Å²) in [5.41, 5.74) is 3.90. The molecule has 0 saturated carbocycles. The Morgan fingerprint density at radius 3 is 3.00 bits per heavy atom. The third-order valence-electron chi connectivity index (χ3n) is 4.18. The zero-order valence-corrected chi connectivity index (χ0v) is 12.4. The number of rotatable bonds is 2. The van der Waals surface area contributed by atoms with E-state index >= 15 is 0 Å². The fourth-order valence-electron chi connectivity index (χ4n) is 3.16. The number of thiophene rings is 1. The Kier molecular flexibility index (Phi) is 3.04. The number of carbonyl (C=O) groups excluding carboxylic acids is 1. The minimum Gasteiger partial charge on any atom is -0.358 e. The van der Waals surface area contributed by atoms with Gasteiger partial charge in [0.25, 0.3) is 5.91 Å². The van der Waals surface area contributed by atoms with Gasteiger partial charge in [0.2, 0.25) is 0 Å². The molecule has 0 radical (unpaired) electrons. The minimum absolute atomic E-state index is 0.0540. The van der Waals surface area contributed by atoms with Crippen molar-refractivity contribution in [2.75, 3.05) is 0 Å². The second-order valence-electron chi connectivity index (χ2n) is 5.52. The molecular formula is C17H16N2OS. The van der Waals surface area contributed by atoms with Crippen molar-refractivity contribution < 1.29 is 4.79 Å². The second-order valence-corrected chi connectivity index (χ2v) is 6.47. The number of hydrogen-bond donors (Lipinski definition) is 2. The summed E-state index contributed by atoms with van der Waals surface area (Å²) in [5.74, 6) is 0.0540. The van der Waals surface area contributed by atoms with Crippen LogP contribution in [0.4, 0.5) is 0 Å². The van der Waals surface area contributed by atoms with E-state index in [9.17, 15) is 4.79 Å². The lowest BCUT2D eigenvalue weighted by molar-refractivity contribution is 0.0938. The van der Waals surface area contributed by atoms with E-state index in [0.717, 1.165) is 24.1 Å². The number of hydrogen-bond acceptors (Lipinski definition) is 2. The van der Waals surface area contributed by atoms with Crippen molar-refractivity contribution in [2.24, 2.45) is 0 Å². The highest BCUT2D eigenvalue weighted by Crippen LogP contribution is 2.29. The number of amides is 1. The van der Waals surface area contributed by atoms with E-state index in [1.165, 1.54) is 33.5 Å². The monoisotopic (exact) mass is 296 g/mol. The van der Waals surface area contributed by atoms with Gasteiger partial charge < -0.3 is 10.3 Å². The number of aryl methyl sites for hydroxylation is 1. The Balaban J connectivity index is 1.57. The molecule has 1 aromatic carbocycles. The van der Waals surface area contributed by atoms with Crippen molar-refractivity contribution in [3.05, 3.63) is 57.9 Å². The smallest absolute Gasteiger partial charge is 0.261 e. The van der Waals surface area contributed by atoms with Crippen LogP contribution in [0.2, 0.25) is 0 Å². The summed E-state index contributed by atoms with van der Waals surface area (Å²) in [5, 5.41) is 6.41. The van der Waals surface area contributed by atoms with Crippen LogP contribution in [0.15, 0.2) is 41.8 Å². The van der Waals surface area contributed by atoms with Crippen LogP contribution in [0.25, 0.3) is 10.9 Å². The molecule has 106 valence electrons. The lowest BCUT2D eigenvalue weighted by Crippen LogP contribution is -2.38. The number of aromatic nitrogens is 1. The van der Waals surface area contributed by atoms with Crippen LogP contribution >= 0.6 is 11.3 Å². The summed E-state index contributed by atoms with van der Waals surface area (Å²) in [6.07, 6.45) is 2.91. The number of H-pyrrole nitrogens is 1. The zero-order chi connectivity index (χ0) is 14.2. The predicted octanol–water partition coefficient (Wildman–Crippen LogP) is 3.52. The Bertz CT molecular complexity index is 788. The maximum absolute atomic E-state index is 12.2. The summed E-state index contributed by atoms with van der Waals surface area (Å²) in [7, 11) is 0. The van der Waals surface area contributed by atoms with Gasteiger partial charge in [0.15, 0.2) is 0 Å². The van der Waals surface area contributed by atoms with Crippen LogP contribution in [-0.4, -0.2) is 16.9 Å². The molecule has 1 atom stereocenters. The molecule has 4 rings (SSSR count). The summed E-state index contributed by atoms with van der Waals surface area (Å²) < 4.78 is 0. The molecule has 4 heteroatoms. The van der Waals surface area contributed by atoms with Gasteiger partial charge in [-0.15, -0.1) is 11.3 Å². The summed E-state index contributed by atoms with van der Waals surface area (Å²) in [6.45, 7) is 0. The van der Waals surface area contributed by atoms with E-state index in [1.54, 1.807) is 0 Å². The molecule has 0 saturated heterocycles. The highest BCUT2D eigenvalue weighted by Gasteiger charge is 2.24. The normalized spacial score (nSPS) is 17.6. The van der Waals surface area contributed by atoms with Crippen molar-refractivity contribution >= 4 is 28.1 Å². The average Bonchev–Trinajstić information content (AvgIpc) is 3.14. The molecule has 2 N–H and O–H groups in total. The molecule has 1 aliphatic carbocycles. The van der Waals surface area contributed by atoms with Gasteiger partial charge in [-0.05, 0) is 42.3 Å². The number of para-hydroxylation sites is 1. The number of benzene rings is 1. The van der Waals surface area contributed by atoms with Gasteiger partial charge in [0, 0.05) is 22.6 Å². The van der Waals surface area contributed by atoms with E-state index in [0.29, 0.717) is 0 Å². The standard InChI is InChI=1S/C17H16N2OS/c20-17(16-6-3-9-21-16)18-11-7-8-15-13(10-11)12-4-1-2-5-14(12)19-15/h1-6,9,11,19H,7-8,10H2,(H,18,20). The topological polar surface area (TPSA) is 44.9 Å². The summed E-state index contributed by atoms with van der Waals surface area (Å²) >= 11 is 1.49. The quantitative estimate of drug-likeness (QED) is 0.746. The highest BCUT2D eigenvalue weighted by molar-refractivity contribution is 7.12. The lowest BCUT2D eigenvalue weighted by atomic mass is 9.91. The van der Waals surface area contributed by atoms with Gasteiger partial charge in [0.1, 0.15) is 0 Å². The van der Waals surface area contributed by atoms with Crippen molar-refractivity contribution in [3.63, 3.8) is 0 Å². The molecule has 3 aromatic rings. The van der Waals surface area contributed by atoms with E-state index in [-0.39, 0.29) is 11.9 Å². The Hall–Kier alpha value is -2.07. The first-order chi connectivity index (χ1) is 10.3. The fourth-order valence-corrected chi connectivity index (χ4v) is 3.78. The van der Waals surface area contributed by atoms with Gasteiger partial charge in [0.05, 0.1) is 4.88 Å². The van der Waals surface area contributed by atoms with Crippen molar-refractivity contribution in [1.82, 2.24) is 10.3 Å². The maximum atomic E-state index is 12.2. The first-order valence-electron chi connectivity index (χ1n) is 7.24. The van der Waals surface area contributed by atoms with Crippen molar-refractivity contribution in [2.45, 2.75) is 25.3 Å². The van der Waals surface area contributed by atoms with E-state index in [4.69, 9.17) is 0 Å². The Morgan fingerprint density at radius 2 is 2.14 bits per heavy atom. The van der Waals surface area contributed by atoms with Gasteiger partial charge in [-0.25, -0.2) is 0 Å². The molecule has 1 aliphatic rings. The largest absolute Gasteiger partial charge is 0.358 e. The van der Waals surface area contributed by atoms with Crippen LogP contribution in [0.5, 0.6) is 0 Å². The molecular weight excluding hydrogens is 280 g/mol. The molecule has 21 heavy (non-hydrogen) atoms. The molecule has 0 spiro atoms. The molecule has 0 fully saturated rings. The summed E-state index contributed by atoms with van der Waals surface area (Å²) in [6, 6.07) is 12.4. The molecule has 3 nitrogen and oxygen atoms in total. The zero-order valence-electron chi connectivity index (χ0n) is 11.6. The Morgan fingerprint density at radius 1 is 1.24 bits per heavy atom. The molecule has 0 aliphatic heterocycles. The van der Waals surface area contributed by atoms with E-state index < -0.39 is 0 Å². The van der Waals surface area contributed by atoms with Crippen LogP contribution in [0.3, 0.4) is 0 Å². The van der Waals surface area contributed by atoms with Gasteiger partial charge >= 0.3 is 0 Å². The first kappa shape index (κ1) is 12.7. The average molecular weight is 296 g/mol. The molecule has 2 heterocycles. The van der Waals surface area contributed by atoms with Gasteiger partial charge in [-0.3, -0.25) is 4.79 Å². The summed E-state index contributed by atoms with van der Waals surface area (Å²) in [4.78, 5) is 16.5. The van der Waals surface area contributed by atoms with Crippen LogP contribution in [0, 0.1) is 0 Å². The highest BCUT2D eigenvalue weighted by atomic mass is 32.1. The number of carbonyl (C=O) groups is 1. The minimum atomic E-state index is 0.0540. The van der Waals surface area contributed by atoms with Gasteiger partial charge in [-0.1, -0.05) is 24.3 Å². The van der Waals surface area contributed by atoms with Crippen molar-refractivity contribution in [3.8, 4) is 0 Å². The number of aromatic amines is 1. The first-order valence-corrected chi connectivity index (χ1v) is 8.12.